The Morgan fingerprint density at radius 3 is 2.33 bits per heavy atom. The monoisotopic (exact) mass is 726 g/mol. The quantitative estimate of drug-likeness (QED) is 0.336. The number of hydrogen-bond donors (Lipinski definition) is 1. The van der Waals surface area contributed by atoms with Crippen molar-refractivity contribution in [1.82, 2.24) is 19.1 Å². The molecule has 11 heteroatoms. The Kier molecular flexibility index (Phi) is 7.21. The Bertz CT molecular complexity index is 2110. The Hall–Kier alpha value is -3.41. The average Bonchev–Trinajstić information content (AvgIpc) is 3.99. The average molecular weight is 727 g/mol. The van der Waals surface area contributed by atoms with E-state index in [0.29, 0.717) is 24.1 Å². The van der Waals surface area contributed by atoms with Crippen LogP contribution in [-0.2, 0) is 26.1 Å². The minimum atomic E-state index is -3.81. The van der Waals surface area contributed by atoms with Crippen LogP contribution in [0.15, 0.2) is 36.4 Å². The van der Waals surface area contributed by atoms with Gasteiger partial charge in [-0.05, 0) is 93.3 Å². The van der Waals surface area contributed by atoms with Crippen LogP contribution in [0.3, 0.4) is 0 Å². The number of methoxy groups -OCH3 is 1. The minimum absolute atomic E-state index is 0.00379. The number of fused-ring (bicyclic) bond motifs is 7. The summed E-state index contributed by atoms with van der Waals surface area (Å²) in [6.07, 6.45) is 9.10. The van der Waals surface area contributed by atoms with E-state index in [1.54, 1.807) is 27.0 Å². The predicted octanol–water partition coefficient (Wildman–Crippen LogP) is 5.64. The third-order valence-electron chi connectivity index (χ3n) is 14.3. The SMILES string of the molecule is COc1ccc2c(c1)[C@@H]1CC1(C(=O)N1CC34COCC3(C1)CN(C1CC1)C4)Cn1c-2c(C2CCCCC2)c2ccc(C(=O)NS(=O)(=O)C(C)C)cc21. The lowest BCUT2D eigenvalue weighted by atomic mass is 9.71. The van der Waals surface area contributed by atoms with Crippen molar-refractivity contribution in [1.29, 1.82) is 0 Å². The minimum Gasteiger partial charge on any atom is -0.497 e. The fourth-order valence-corrected chi connectivity index (χ4v) is 11.8. The van der Waals surface area contributed by atoms with Gasteiger partial charge >= 0.3 is 0 Å². The molecule has 4 atom stereocenters. The fourth-order valence-electron chi connectivity index (χ4n) is 11.2. The summed E-state index contributed by atoms with van der Waals surface area (Å²) in [5, 5.41) is 0.356. The van der Waals surface area contributed by atoms with Gasteiger partial charge in [-0.2, -0.15) is 0 Å². The second-order valence-corrected chi connectivity index (χ2v) is 19.9. The number of aromatic nitrogens is 1. The van der Waals surface area contributed by atoms with Crippen LogP contribution in [0.4, 0.5) is 0 Å². The van der Waals surface area contributed by atoms with Crippen LogP contribution < -0.4 is 9.46 Å². The van der Waals surface area contributed by atoms with Gasteiger partial charge in [-0.15, -0.1) is 0 Å². The molecule has 52 heavy (non-hydrogen) atoms. The van der Waals surface area contributed by atoms with E-state index in [1.807, 2.05) is 18.2 Å². The molecule has 5 heterocycles. The van der Waals surface area contributed by atoms with Crippen LogP contribution in [0.25, 0.3) is 22.2 Å². The number of hydrogen-bond acceptors (Lipinski definition) is 7. The van der Waals surface area contributed by atoms with Crippen LogP contribution >= 0.6 is 0 Å². The van der Waals surface area contributed by atoms with Crippen LogP contribution in [-0.4, -0.2) is 92.4 Å². The standard InChI is InChI=1S/C41H50N4O6S/c1-25(2)52(48,49)42-37(46)27-9-13-31-34(15-27)45-22-41(38(47)44-20-39-18-43(28-10-11-28)19-40(39,21-44)24-51-23-39)17-33(41)32-16-29(50-3)12-14-30(32)36(45)35(31)26-7-5-4-6-8-26/h9,12-16,25-26,28,33H,4-8,10-11,17-24H2,1-3H3,(H,42,46)/t33-,39?,40?,41?/m0/s1. The van der Waals surface area contributed by atoms with Crippen LogP contribution in [0.5, 0.6) is 5.75 Å². The van der Waals surface area contributed by atoms with E-state index < -0.39 is 26.6 Å². The summed E-state index contributed by atoms with van der Waals surface area (Å²) in [5.41, 5.74) is 5.32. The Morgan fingerprint density at radius 2 is 1.65 bits per heavy atom. The third-order valence-corrected chi connectivity index (χ3v) is 16.0. The van der Waals surface area contributed by atoms with Crippen LogP contribution in [0, 0.1) is 16.2 Å². The smallest absolute Gasteiger partial charge is 0.264 e. The van der Waals surface area contributed by atoms with Crippen molar-refractivity contribution in [3.8, 4) is 17.0 Å². The fraction of sp³-hybridized carbons (Fsp3) is 0.610. The van der Waals surface area contributed by atoms with E-state index in [9.17, 15) is 13.2 Å². The lowest BCUT2D eigenvalue weighted by molar-refractivity contribution is -0.138. The number of amides is 2. The molecule has 7 aliphatic rings. The molecule has 3 aliphatic carbocycles. The lowest BCUT2D eigenvalue weighted by Crippen LogP contribution is -2.43. The Morgan fingerprint density at radius 1 is 0.923 bits per heavy atom. The molecular formula is C41H50N4O6S. The molecule has 10 nitrogen and oxygen atoms in total. The van der Waals surface area contributed by atoms with Gasteiger partial charge in [0.15, 0.2) is 0 Å². The van der Waals surface area contributed by atoms with E-state index in [1.165, 1.54) is 43.2 Å². The normalized spacial score (nSPS) is 31.2. The topological polar surface area (TPSA) is 110 Å². The van der Waals surface area contributed by atoms with Gasteiger partial charge in [-0.1, -0.05) is 25.3 Å². The molecule has 276 valence electrons. The molecule has 6 fully saturated rings. The summed E-state index contributed by atoms with van der Waals surface area (Å²) in [6, 6.07) is 12.7. The Balaban J connectivity index is 1.10. The molecule has 3 aromatic rings. The number of ether oxygens (including phenoxy) is 2. The van der Waals surface area contributed by atoms with Crippen molar-refractivity contribution in [3.63, 3.8) is 0 Å². The molecule has 10 rings (SSSR count). The molecule has 3 unspecified atom stereocenters. The summed E-state index contributed by atoms with van der Waals surface area (Å²) in [6.45, 7) is 8.63. The predicted molar refractivity (Wildman–Crippen MR) is 198 cm³/mol. The highest BCUT2D eigenvalue weighted by atomic mass is 32.2. The van der Waals surface area contributed by atoms with E-state index in [-0.39, 0.29) is 22.7 Å². The van der Waals surface area contributed by atoms with Gasteiger partial charge in [0.1, 0.15) is 5.75 Å². The highest BCUT2D eigenvalue weighted by Gasteiger charge is 2.71. The first-order chi connectivity index (χ1) is 25.0. The zero-order valence-electron chi connectivity index (χ0n) is 30.6. The van der Waals surface area contributed by atoms with Gasteiger partial charge in [0.2, 0.25) is 15.9 Å². The number of benzene rings is 2. The van der Waals surface area contributed by atoms with Gasteiger partial charge in [0.05, 0.1) is 36.7 Å². The Labute approximate surface area is 306 Å². The van der Waals surface area contributed by atoms with Gasteiger partial charge < -0.3 is 18.9 Å². The zero-order valence-corrected chi connectivity index (χ0v) is 31.4. The number of nitrogens with one attached hydrogen (secondary N) is 1. The number of sulfonamides is 1. The van der Waals surface area contributed by atoms with Gasteiger partial charge in [-0.25, -0.2) is 13.1 Å². The largest absolute Gasteiger partial charge is 0.497 e. The number of carbonyl (C=O) groups is 2. The summed E-state index contributed by atoms with van der Waals surface area (Å²) in [5.74, 6) is 0.813. The van der Waals surface area contributed by atoms with Crippen molar-refractivity contribution in [2.45, 2.75) is 94.9 Å². The van der Waals surface area contributed by atoms with Crippen molar-refractivity contribution in [3.05, 3.63) is 53.1 Å². The number of nitrogens with zero attached hydrogens (tertiary/aromatic N) is 3. The summed E-state index contributed by atoms with van der Waals surface area (Å²) < 4.78 is 42.1. The molecule has 1 N–H and O–H groups in total. The van der Waals surface area contributed by atoms with Crippen LogP contribution in [0.2, 0.25) is 0 Å². The van der Waals surface area contributed by atoms with Gasteiger partial charge in [-0.3, -0.25) is 14.5 Å². The third kappa shape index (κ3) is 4.70. The number of carbonyl (C=O) groups excluding carboxylic acids is 2. The molecule has 0 radical (unpaired) electrons. The summed E-state index contributed by atoms with van der Waals surface area (Å²) in [7, 11) is -2.11. The van der Waals surface area contributed by atoms with Crippen molar-refractivity contribution in [2.24, 2.45) is 16.2 Å². The number of likely N-dealkylation sites (tertiary alicyclic amines) is 2. The first-order valence-corrected chi connectivity index (χ1v) is 21.0. The maximum atomic E-state index is 15.3. The maximum absolute atomic E-state index is 15.3. The molecule has 2 amide bonds. The number of rotatable bonds is 7. The van der Waals surface area contributed by atoms with E-state index in [2.05, 4.69) is 31.2 Å². The first kappa shape index (κ1) is 33.2. The second kappa shape index (κ2) is 11.3. The van der Waals surface area contributed by atoms with Gasteiger partial charge in [0.25, 0.3) is 5.91 Å². The molecule has 0 bridgehead atoms. The summed E-state index contributed by atoms with van der Waals surface area (Å²) in [4.78, 5) is 33.7. The maximum Gasteiger partial charge on any atom is 0.264 e. The van der Waals surface area contributed by atoms with Gasteiger partial charge in [0, 0.05) is 77.5 Å². The zero-order chi connectivity index (χ0) is 35.8. The molecule has 0 spiro atoms. The molecule has 4 aliphatic heterocycles. The van der Waals surface area contributed by atoms with E-state index in [0.717, 1.165) is 86.6 Å². The highest BCUT2D eigenvalue weighted by molar-refractivity contribution is 7.90. The van der Waals surface area contributed by atoms with E-state index in [4.69, 9.17) is 9.47 Å². The van der Waals surface area contributed by atoms with Crippen molar-refractivity contribution < 1.29 is 27.5 Å². The molecule has 3 saturated heterocycles. The van der Waals surface area contributed by atoms with E-state index >= 15 is 4.79 Å². The molecule has 1 aromatic heterocycles. The van der Waals surface area contributed by atoms with Crippen LogP contribution in [0.1, 0.15) is 98.5 Å². The molecular weight excluding hydrogens is 677 g/mol. The molecule has 3 saturated carbocycles. The van der Waals surface area contributed by atoms with Crippen molar-refractivity contribution in [2.75, 3.05) is 46.5 Å². The second-order valence-electron chi connectivity index (χ2n) is 17.7. The summed E-state index contributed by atoms with van der Waals surface area (Å²) >= 11 is 0. The molecule has 2 aromatic carbocycles. The first-order valence-electron chi connectivity index (χ1n) is 19.5. The highest BCUT2D eigenvalue weighted by Crippen LogP contribution is 2.67. The lowest BCUT2D eigenvalue weighted by Gasteiger charge is -2.30. The van der Waals surface area contributed by atoms with Crippen molar-refractivity contribution >= 4 is 32.7 Å².